The molecule has 1 saturated carbocycles. The van der Waals surface area contributed by atoms with Crippen LogP contribution < -0.4 is 0 Å². The molecule has 0 unspecified atom stereocenters. The Bertz CT molecular complexity index is 1290. The summed E-state index contributed by atoms with van der Waals surface area (Å²) in [6, 6.07) is 35.3. The van der Waals surface area contributed by atoms with Gasteiger partial charge in [-0.3, -0.25) is 0 Å². The van der Waals surface area contributed by atoms with Gasteiger partial charge in [0.2, 0.25) is 0 Å². The fourth-order valence-electron chi connectivity index (χ4n) is 5.65. The third-order valence-electron chi connectivity index (χ3n) is 7.00. The van der Waals surface area contributed by atoms with Gasteiger partial charge in [0.25, 0.3) is 0 Å². The van der Waals surface area contributed by atoms with E-state index in [0.717, 1.165) is 0 Å². The van der Waals surface area contributed by atoms with Crippen molar-refractivity contribution < 1.29 is 0 Å². The van der Waals surface area contributed by atoms with Crippen LogP contribution in [0.3, 0.4) is 0 Å². The Kier molecular flexibility index (Phi) is 4.07. The summed E-state index contributed by atoms with van der Waals surface area (Å²) in [5.41, 5.74) is 16.2. The quantitative estimate of drug-likeness (QED) is 0.170. The highest BCUT2D eigenvalue weighted by atomic mass is 79.9. The Hall–Kier alpha value is -2.68. The molecule has 0 saturated heterocycles. The summed E-state index contributed by atoms with van der Waals surface area (Å²) in [5.74, 6) is 0. The van der Waals surface area contributed by atoms with E-state index in [1.807, 2.05) is 0 Å². The van der Waals surface area contributed by atoms with Gasteiger partial charge < -0.3 is 0 Å². The lowest BCUT2D eigenvalue weighted by atomic mass is 9.75. The number of rotatable bonds is 0. The van der Waals surface area contributed by atoms with Crippen molar-refractivity contribution in [3.8, 4) is 22.3 Å². The van der Waals surface area contributed by atoms with Gasteiger partial charge in [0, 0.05) is 0 Å². The van der Waals surface area contributed by atoms with E-state index in [1.165, 1.54) is 66.8 Å². The molecule has 0 spiro atoms. The number of hydrogen-bond acceptors (Lipinski definition) is 0. The molecule has 0 amide bonds. The minimum atomic E-state index is 0.263. The van der Waals surface area contributed by atoms with Crippen LogP contribution in [0.15, 0.2) is 108 Å². The molecule has 0 bridgehead atoms. The third kappa shape index (κ3) is 2.37. The molecule has 0 aliphatic heterocycles. The zero-order valence-electron chi connectivity index (χ0n) is 17.1. The largest absolute Gasteiger partial charge is 0.0822 e. The highest BCUT2D eigenvalue weighted by Crippen LogP contribution is 2.58. The van der Waals surface area contributed by atoms with Gasteiger partial charge in [-0.05, 0) is 66.8 Å². The fourth-order valence-corrected chi connectivity index (χ4v) is 7.13. The number of allylic oxidation sites excluding steroid dienone is 2. The van der Waals surface area contributed by atoms with E-state index in [4.69, 9.17) is 0 Å². The van der Waals surface area contributed by atoms with Crippen molar-refractivity contribution in [1.29, 1.82) is 0 Å². The number of alkyl halides is 2. The number of benzene rings is 4. The van der Waals surface area contributed by atoms with Gasteiger partial charge in [0.15, 0.2) is 0 Å². The molecule has 7 rings (SSSR count). The van der Waals surface area contributed by atoms with Crippen LogP contribution in [0.1, 0.15) is 22.3 Å². The first kappa shape index (κ1) is 18.8. The lowest BCUT2D eigenvalue weighted by molar-refractivity contribution is 0.899. The third-order valence-corrected chi connectivity index (χ3v) is 9.69. The van der Waals surface area contributed by atoms with Crippen LogP contribution in [0, 0.1) is 0 Å². The van der Waals surface area contributed by atoms with Crippen molar-refractivity contribution in [2.45, 2.75) is 9.65 Å². The van der Waals surface area contributed by atoms with E-state index < -0.39 is 0 Å². The van der Waals surface area contributed by atoms with E-state index in [1.54, 1.807) is 0 Å². The molecule has 152 valence electrons. The molecule has 2 heteroatoms. The minimum Gasteiger partial charge on any atom is -0.0822 e. The fraction of sp³-hybridized carbons (Fsp3) is 0.0667. The summed E-state index contributed by atoms with van der Waals surface area (Å²) in [7, 11) is 0. The second-order valence-electron chi connectivity index (χ2n) is 8.56. The van der Waals surface area contributed by atoms with Gasteiger partial charge in [-0.1, -0.05) is 129 Å². The maximum absolute atomic E-state index is 4.03. The van der Waals surface area contributed by atoms with Crippen LogP contribution in [-0.4, -0.2) is 9.65 Å². The van der Waals surface area contributed by atoms with Crippen molar-refractivity contribution in [2.24, 2.45) is 0 Å². The maximum atomic E-state index is 4.03. The first-order chi connectivity index (χ1) is 15.8. The smallest absolute Gasteiger partial charge is 0.0571 e. The lowest BCUT2D eigenvalue weighted by Gasteiger charge is -2.39. The maximum Gasteiger partial charge on any atom is 0.0571 e. The Morgan fingerprint density at radius 3 is 0.812 bits per heavy atom. The molecule has 0 N–H and O–H groups in total. The molecule has 4 aromatic rings. The summed E-state index contributed by atoms with van der Waals surface area (Å²) in [5, 5.41) is 0. The van der Waals surface area contributed by atoms with Crippen molar-refractivity contribution in [2.75, 3.05) is 0 Å². The molecule has 1 fully saturated rings. The molecule has 0 heterocycles. The second kappa shape index (κ2) is 6.91. The predicted molar refractivity (Wildman–Crippen MR) is 141 cm³/mol. The zero-order chi connectivity index (χ0) is 21.4. The highest BCUT2D eigenvalue weighted by molar-refractivity contribution is 9.12. The summed E-state index contributed by atoms with van der Waals surface area (Å²) in [4.78, 5) is 0.526. The van der Waals surface area contributed by atoms with E-state index in [9.17, 15) is 0 Å². The van der Waals surface area contributed by atoms with Crippen LogP contribution in [0.25, 0.3) is 33.4 Å². The van der Waals surface area contributed by atoms with E-state index in [-0.39, 0.29) is 9.65 Å². The average molecular weight is 538 g/mol. The van der Waals surface area contributed by atoms with Gasteiger partial charge in [-0.2, -0.15) is 0 Å². The van der Waals surface area contributed by atoms with Crippen LogP contribution in [-0.2, 0) is 0 Å². The van der Waals surface area contributed by atoms with E-state index >= 15 is 0 Å². The monoisotopic (exact) mass is 536 g/mol. The molecule has 0 aromatic heterocycles. The minimum absolute atomic E-state index is 0.263. The normalized spacial score (nSPS) is 19.9. The van der Waals surface area contributed by atoms with Crippen molar-refractivity contribution >= 4 is 43.0 Å². The van der Waals surface area contributed by atoms with Gasteiger partial charge in [0.05, 0.1) is 9.65 Å². The Morgan fingerprint density at radius 2 is 0.562 bits per heavy atom. The number of halogens is 2. The van der Waals surface area contributed by atoms with Crippen molar-refractivity contribution in [3.63, 3.8) is 0 Å². The summed E-state index contributed by atoms with van der Waals surface area (Å²) < 4.78 is 0. The van der Waals surface area contributed by atoms with E-state index in [2.05, 4.69) is 129 Å². The molecule has 3 aliphatic carbocycles. The van der Waals surface area contributed by atoms with E-state index in [0.29, 0.717) is 0 Å². The topological polar surface area (TPSA) is 0 Å². The molecule has 0 nitrogen and oxygen atoms in total. The molecule has 4 aromatic carbocycles. The average Bonchev–Trinajstić information content (AvgIpc) is 3.35. The predicted octanol–water partition coefficient (Wildman–Crippen LogP) is 8.49. The SMILES string of the molecule is Br[C@H]1C(=C2c3ccccc3-c3ccccc32)C(=C2c3ccccc3-c3ccccc32)[C@@H]1Br. The van der Waals surface area contributed by atoms with Crippen LogP contribution in [0.5, 0.6) is 0 Å². The summed E-state index contributed by atoms with van der Waals surface area (Å²) in [6.45, 7) is 0. The van der Waals surface area contributed by atoms with Crippen LogP contribution in [0.2, 0.25) is 0 Å². The Morgan fingerprint density at radius 1 is 0.344 bits per heavy atom. The zero-order valence-corrected chi connectivity index (χ0v) is 20.3. The molecule has 3 aliphatic rings. The van der Waals surface area contributed by atoms with Crippen LogP contribution in [0.4, 0.5) is 0 Å². The van der Waals surface area contributed by atoms with Crippen molar-refractivity contribution in [3.05, 3.63) is 130 Å². The number of hydrogen-bond donors (Lipinski definition) is 0. The molecule has 2 atom stereocenters. The molecular formula is C30H18Br2. The van der Waals surface area contributed by atoms with Gasteiger partial charge in [-0.25, -0.2) is 0 Å². The van der Waals surface area contributed by atoms with Crippen molar-refractivity contribution in [1.82, 2.24) is 0 Å². The second-order valence-corrected chi connectivity index (χ2v) is 10.5. The standard InChI is InChI=1S/C30H18Br2/c31-29-27(25-21-13-5-1-9-17(21)18-10-2-6-14-22(18)25)28(30(29)32)26-23-15-7-3-11-19(23)20-12-4-8-16-24(20)26/h1-16,29-30H/t29-,30-/m0/s1. The summed E-state index contributed by atoms with van der Waals surface area (Å²) in [6.07, 6.45) is 0. The number of fused-ring (bicyclic) bond motifs is 6. The van der Waals surface area contributed by atoms with Gasteiger partial charge in [0.1, 0.15) is 0 Å². The molecular weight excluding hydrogens is 520 g/mol. The van der Waals surface area contributed by atoms with Gasteiger partial charge >= 0.3 is 0 Å². The van der Waals surface area contributed by atoms with Gasteiger partial charge in [-0.15, -0.1) is 0 Å². The highest BCUT2D eigenvalue weighted by Gasteiger charge is 2.45. The first-order valence-electron chi connectivity index (χ1n) is 10.9. The molecule has 32 heavy (non-hydrogen) atoms. The molecule has 0 radical (unpaired) electrons. The Labute approximate surface area is 204 Å². The lowest BCUT2D eigenvalue weighted by Crippen LogP contribution is -2.35. The van der Waals surface area contributed by atoms with Crippen LogP contribution >= 0.6 is 31.9 Å². The summed E-state index contributed by atoms with van der Waals surface area (Å²) >= 11 is 8.07. The first-order valence-corrected chi connectivity index (χ1v) is 12.7. The Balaban J connectivity index is 1.60.